The van der Waals surface area contributed by atoms with Gasteiger partial charge in [-0.2, -0.15) is 0 Å². The van der Waals surface area contributed by atoms with Gasteiger partial charge in [-0.3, -0.25) is 14.2 Å². The Balaban J connectivity index is 0.999. The number of fused-ring (bicyclic) bond motifs is 8. The van der Waals surface area contributed by atoms with Gasteiger partial charge < -0.3 is 34.1 Å². The summed E-state index contributed by atoms with van der Waals surface area (Å²) in [6.07, 6.45) is 3.49. The van der Waals surface area contributed by atoms with Crippen molar-refractivity contribution < 1.29 is 23.7 Å². The minimum atomic E-state index is -0.132. The smallest absolute Gasteiger partial charge is 0.266 e. The van der Waals surface area contributed by atoms with Gasteiger partial charge in [0.2, 0.25) is 0 Å². The first-order valence-electron chi connectivity index (χ1n) is 19.9. The van der Waals surface area contributed by atoms with Crippen molar-refractivity contribution in [1.82, 2.24) is 9.55 Å². The Morgan fingerprint density at radius 2 is 1.50 bits per heavy atom. The lowest BCUT2D eigenvalue weighted by molar-refractivity contribution is 0.0983. The molecule has 3 aliphatic heterocycles. The van der Waals surface area contributed by atoms with Crippen LogP contribution in [0.5, 0.6) is 23.0 Å². The molecule has 0 bridgehead atoms. The maximum absolute atomic E-state index is 14.0. The molecule has 0 spiro atoms. The topological polar surface area (TPSA) is 107 Å². The molecule has 1 N–H and O–H groups in total. The summed E-state index contributed by atoms with van der Waals surface area (Å²) in [5.41, 5.74) is 8.64. The van der Waals surface area contributed by atoms with Gasteiger partial charge in [-0.1, -0.05) is 58.0 Å². The predicted octanol–water partition coefficient (Wildman–Crippen LogP) is 8.69. The van der Waals surface area contributed by atoms with E-state index in [4.69, 9.17) is 23.9 Å². The molecule has 9 rings (SSSR count). The first-order chi connectivity index (χ1) is 29.0. The number of rotatable bonds is 13. The number of anilines is 3. The van der Waals surface area contributed by atoms with Gasteiger partial charge in [0.05, 0.1) is 48.1 Å². The van der Waals surface area contributed by atoms with Gasteiger partial charge in [0.1, 0.15) is 19.0 Å². The zero-order valence-corrected chi connectivity index (χ0v) is 36.2. The van der Waals surface area contributed by atoms with Gasteiger partial charge in [0.25, 0.3) is 11.5 Å². The van der Waals surface area contributed by atoms with Crippen molar-refractivity contribution in [3.8, 4) is 28.7 Å². The van der Waals surface area contributed by atoms with Crippen LogP contribution in [0.4, 0.5) is 17.1 Å². The van der Waals surface area contributed by atoms with Crippen molar-refractivity contribution in [1.29, 1.82) is 0 Å². The minimum absolute atomic E-state index is 0.0141. The van der Waals surface area contributed by atoms with Crippen LogP contribution in [0.15, 0.2) is 95.8 Å². The fraction of sp³-hybridized carbons (Fsp3) is 0.298. The van der Waals surface area contributed by atoms with Crippen LogP contribution in [-0.4, -0.2) is 66.9 Å². The van der Waals surface area contributed by atoms with E-state index in [1.54, 1.807) is 47.8 Å². The molecule has 0 saturated carbocycles. The summed E-state index contributed by atoms with van der Waals surface area (Å²) in [7, 11) is 8.87. The third-order valence-electron chi connectivity index (χ3n) is 11.4. The Kier molecular flexibility index (Phi) is 10.6. The van der Waals surface area contributed by atoms with Crippen LogP contribution in [0.2, 0.25) is 0 Å². The quantitative estimate of drug-likeness (QED) is 0.113. The fourth-order valence-corrected chi connectivity index (χ4v) is 10.9. The summed E-state index contributed by atoms with van der Waals surface area (Å²) in [4.78, 5) is 36.9. The highest BCUT2D eigenvalue weighted by molar-refractivity contribution is 8.77. The Bertz CT molecular complexity index is 2720. The maximum atomic E-state index is 14.0. The first-order valence-corrected chi connectivity index (χ1v) is 22.5. The fourth-order valence-electron chi connectivity index (χ4n) is 8.71. The zero-order valence-electron chi connectivity index (χ0n) is 34.5. The van der Waals surface area contributed by atoms with E-state index in [0.717, 1.165) is 52.4 Å². The number of ether oxygens (including phenoxy) is 4. The molecule has 13 heteroatoms. The summed E-state index contributed by atoms with van der Waals surface area (Å²) in [6.45, 7) is 6.38. The van der Waals surface area contributed by atoms with Gasteiger partial charge in [-0.25, -0.2) is 4.98 Å². The summed E-state index contributed by atoms with van der Waals surface area (Å²) >= 11 is 0. The van der Waals surface area contributed by atoms with Gasteiger partial charge in [-0.15, -0.1) is 0 Å². The Morgan fingerprint density at radius 3 is 2.22 bits per heavy atom. The molecule has 0 aliphatic carbocycles. The van der Waals surface area contributed by atoms with Crippen LogP contribution in [0.1, 0.15) is 52.3 Å². The molecule has 4 heterocycles. The molecule has 0 saturated heterocycles. The average molecular weight is 842 g/mol. The molecule has 3 aliphatic rings. The van der Waals surface area contributed by atoms with E-state index in [0.29, 0.717) is 58.3 Å². The summed E-state index contributed by atoms with van der Waals surface area (Å²) < 4.78 is 26.3. The SMILES string of the molecule is COc1cc2c(cc1OCc1cc(COc3cc4nc5n(c(=O)c4cc3OC)-c3ccccc3C5)cc(N(C)CC(C)(C)SSC)c1)NC[C@@H]1Cc3ccccc3N1C2=O. The van der Waals surface area contributed by atoms with Crippen molar-refractivity contribution in [2.45, 2.75) is 50.7 Å². The number of methoxy groups -OCH3 is 2. The third-order valence-corrected chi connectivity index (χ3v) is 14.0. The number of nitrogens with zero attached hydrogens (tertiary/aromatic N) is 4. The number of amides is 1. The van der Waals surface area contributed by atoms with E-state index in [-0.39, 0.29) is 35.5 Å². The van der Waals surface area contributed by atoms with E-state index in [1.165, 1.54) is 5.56 Å². The number of aromatic nitrogens is 2. The molecular weight excluding hydrogens is 795 g/mol. The number of carbonyl (C=O) groups is 1. The van der Waals surface area contributed by atoms with E-state index >= 15 is 0 Å². The molecule has 1 aromatic heterocycles. The van der Waals surface area contributed by atoms with Crippen LogP contribution in [0.3, 0.4) is 0 Å². The van der Waals surface area contributed by atoms with Crippen molar-refractivity contribution >= 4 is 55.5 Å². The van der Waals surface area contributed by atoms with Crippen LogP contribution < -0.4 is 39.6 Å². The lowest BCUT2D eigenvalue weighted by Gasteiger charge is -2.31. The standard InChI is InChI=1S/C47H47N5O6S2/c1-47(2,60-59-6)27-50(3)32-16-28(25-57-42-22-36-34(20-40(42)55-4)45(53)51-33(24-48-36)18-30-11-7-9-13-38(30)51)15-29(17-32)26-58-43-23-37-35(21-41(43)56-5)46(54)52-39-14-10-8-12-31(39)19-44(52)49-37/h7-17,20-23,33,48H,18-19,24-27H2,1-6H3/t33-/m0/s1. The number of hydrogen-bond donors (Lipinski definition) is 1. The van der Waals surface area contributed by atoms with Crippen molar-refractivity contribution in [2.75, 3.05) is 55.7 Å². The number of nitrogens with one attached hydrogen (secondary N) is 1. The average Bonchev–Trinajstić information content (AvgIpc) is 3.77. The van der Waals surface area contributed by atoms with Crippen LogP contribution in [-0.2, 0) is 26.1 Å². The highest BCUT2D eigenvalue weighted by atomic mass is 33.1. The maximum Gasteiger partial charge on any atom is 0.266 e. The van der Waals surface area contributed by atoms with Crippen molar-refractivity contribution in [2.24, 2.45) is 0 Å². The summed E-state index contributed by atoms with van der Waals surface area (Å²) in [5.74, 6) is 2.60. The molecule has 11 nitrogen and oxygen atoms in total. The van der Waals surface area contributed by atoms with Crippen LogP contribution >= 0.6 is 21.6 Å². The van der Waals surface area contributed by atoms with Gasteiger partial charge in [-0.05, 0) is 91.2 Å². The Hall–Kier alpha value is -5.79. The molecule has 5 aromatic carbocycles. The summed E-state index contributed by atoms with van der Waals surface area (Å²) in [6, 6.07) is 29.6. The first kappa shape index (κ1) is 39.7. The minimum Gasteiger partial charge on any atom is -0.493 e. The second-order valence-corrected chi connectivity index (χ2v) is 19.1. The number of carbonyl (C=O) groups excluding carboxylic acids is 1. The summed E-state index contributed by atoms with van der Waals surface area (Å²) in [5, 5.41) is 4.00. The molecule has 60 heavy (non-hydrogen) atoms. The van der Waals surface area contributed by atoms with E-state index in [9.17, 15) is 9.59 Å². The number of para-hydroxylation sites is 2. The number of hydrogen-bond acceptors (Lipinski definition) is 11. The molecule has 0 unspecified atom stereocenters. The molecule has 6 aromatic rings. The third kappa shape index (κ3) is 7.38. The van der Waals surface area contributed by atoms with Crippen molar-refractivity contribution in [3.63, 3.8) is 0 Å². The van der Waals surface area contributed by atoms with E-state index < -0.39 is 0 Å². The molecule has 308 valence electrons. The van der Waals surface area contributed by atoms with Crippen LogP contribution in [0.25, 0.3) is 16.6 Å². The van der Waals surface area contributed by atoms with Crippen LogP contribution in [0, 0.1) is 0 Å². The lowest BCUT2D eigenvalue weighted by Crippen LogP contribution is -2.39. The van der Waals surface area contributed by atoms with Crippen molar-refractivity contribution in [3.05, 3.63) is 135 Å². The predicted molar refractivity (Wildman–Crippen MR) is 242 cm³/mol. The highest BCUT2D eigenvalue weighted by Gasteiger charge is 2.38. The zero-order chi connectivity index (χ0) is 41.7. The molecule has 1 amide bonds. The Labute approximate surface area is 357 Å². The monoisotopic (exact) mass is 841 g/mol. The Morgan fingerprint density at radius 1 is 0.833 bits per heavy atom. The molecule has 0 fully saturated rings. The van der Waals surface area contributed by atoms with Gasteiger partial charge >= 0.3 is 0 Å². The van der Waals surface area contributed by atoms with Gasteiger partial charge in [0, 0.05) is 54.8 Å². The van der Waals surface area contributed by atoms with E-state index in [2.05, 4.69) is 61.6 Å². The molecular formula is C47H47N5O6S2. The van der Waals surface area contributed by atoms with Gasteiger partial charge in [0.15, 0.2) is 23.0 Å². The highest BCUT2D eigenvalue weighted by Crippen LogP contribution is 2.41. The second-order valence-electron chi connectivity index (χ2n) is 16.0. The number of benzene rings is 5. The molecule has 1 atom stereocenters. The largest absolute Gasteiger partial charge is 0.493 e. The lowest BCUT2D eigenvalue weighted by atomic mass is 10.1. The molecule has 0 radical (unpaired) electrons. The normalized spacial score (nSPS) is 15.0. The van der Waals surface area contributed by atoms with E-state index in [1.807, 2.05) is 64.2 Å². The second kappa shape index (κ2) is 16.0.